The monoisotopic (exact) mass is 303 g/mol. The molecule has 3 rings (SSSR count). The highest BCUT2D eigenvalue weighted by molar-refractivity contribution is 5.33. The van der Waals surface area contributed by atoms with E-state index in [2.05, 4.69) is 30.9 Å². The minimum Gasteiger partial charge on any atom is -0.488 e. The summed E-state index contributed by atoms with van der Waals surface area (Å²) in [6.45, 7) is 1.67. The maximum absolute atomic E-state index is 13.9. The predicted octanol–water partition coefficient (Wildman–Crippen LogP) is 0.167. The third-order valence-electron chi connectivity index (χ3n) is 2.93. The Bertz CT molecular complexity index is 860. The first-order valence-corrected chi connectivity index (χ1v) is 6.23. The molecule has 3 aromatic rings. The van der Waals surface area contributed by atoms with E-state index in [-0.39, 0.29) is 18.0 Å². The minimum absolute atomic E-state index is 0.0470. The van der Waals surface area contributed by atoms with Crippen LogP contribution < -0.4 is 10.4 Å². The van der Waals surface area contributed by atoms with Crippen molar-refractivity contribution < 1.29 is 9.13 Å². The fraction of sp³-hybridized carbons (Fsp3) is 0.167. The highest BCUT2D eigenvalue weighted by Crippen LogP contribution is 2.19. The molecule has 22 heavy (non-hydrogen) atoms. The maximum Gasteiger partial charge on any atom is 0.367 e. The molecule has 9 nitrogen and oxygen atoms in total. The summed E-state index contributed by atoms with van der Waals surface area (Å²) in [5, 5.41) is 19.0. The zero-order valence-electron chi connectivity index (χ0n) is 11.4. The average Bonchev–Trinajstić information content (AvgIpc) is 2.93. The summed E-state index contributed by atoms with van der Waals surface area (Å²) in [6.07, 6.45) is 0. The SMILES string of the molecule is Cc1ccccc1OCc1c(F)nnnc1-n1nn[nH]c1=O. The van der Waals surface area contributed by atoms with Crippen LogP contribution in [-0.2, 0) is 6.61 Å². The number of aromatic amines is 1. The summed E-state index contributed by atoms with van der Waals surface area (Å²) in [6, 6.07) is 7.26. The number of H-pyrrole nitrogens is 1. The molecule has 0 atom stereocenters. The number of hydrogen-bond acceptors (Lipinski definition) is 7. The number of tetrazole rings is 1. The van der Waals surface area contributed by atoms with Gasteiger partial charge in [-0.15, -0.1) is 9.78 Å². The number of hydrogen-bond donors (Lipinski definition) is 1. The van der Waals surface area contributed by atoms with Crippen molar-refractivity contribution in [3.05, 3.63) is 51.8 Å². The van der Waals surface area contributed by atoms with Gasteiger partial charge < -0.3 is 4.74 Å². The van der Waals surface area contributed by atoms with E-state index in [0.29, 0.717) is 5.75 Å². The van der Waals surface area contributed by atoms with Gasteiger partial charge in [0.15, 0.2) is 5.82 Å². The Hall–Kier alpha value is -3.17. The van der Waals surface area contributed by atoms with Gasteiger partial charge in [-0.2, -0.15) is 4.39 Å². The number of para-hydroxylation sites is 1. The van der Waals surface area contributed by atoms with E-state index in [0.717, 1.165) is 10.2 Å². The molecule has 0 bridgehead atoms. The fourth-order valence-electron chi connectivity index (χ4n) is 1.82. The Morgan fingerprint density at radius 2 is 2.14 bits per heavy atom. The van der Waals surface area contributed by atoms with Gasteiger partial charge in [0.2, 0.25) is 5.95 Å². The fourth-order valence-corrected chi connectivity index (χ4v) is 1.82. The molecule has 0 saturated heterocycles. The molecule has 0 amide bonds. The molecule has 1 N–H and O–H groups in total. The Morgan fingerprint density at radius 1 is 1.32 bits per heavy atom. The van der Waals surface area contributed by atoms with Crippen LogP contribution in [0.5, 0.6) is 5.75 Å². The summed E-state index contributed by atoms with van der Waals surface area (Å²) < 4.78 is 20.3. The second-order valence-corrected chi connectivity index (χ2v) is 4.35. The molecule has 0 aliphatic heterocycles. The summed E-state index contributed by atoms with van der Waals surface area (Å²) in [5.74, 6) is -0.439. The van der Waals surface area contributed by atoms with Gasteiger partial charge in [0.1, 0.15) is 12.4 Å². The summed E-state index contributed by atoms with van der Waals surface area (Å²) in [4.78, 5) is 11.5. The Morgan fingerprint density at radius 3 is 2.86 bits per heavy atom. The summed E-state index contributed by atoms with van der Waals surface area (Å²) in [5.41, 5.74) is 0.171. The lowest BCUT2D eigenvalue weighted by Crippen LogP contribution is -2.21. The molecule has 1 aromatic carbocycles. The van der Waals surface area contributed by atoms with E-state index in [1.807, 2.05) is 19.1 Å². The van der Waals surface area contributed by atoms with Crippen molar-refractivity contribution in [2.75, 3.05) is 0 Å². The molecule has 2 aromatic heterocycles. The van der Waals surface area contributed by atoms with Crippen LogP contribution in [0.4, 0.5) is 4.39 Å². The standard InChI is InChI=1S/C12H10FN7O2/c1-7-4-2-3-5-9(7)22-6-8-10(13)14-17-15-11(8)20-12(21)16-18-19-20/h2-5H,6H2,1H3,(H,16,19,21). The third kappa shape index (κ3) is 2.53. The molecule has 0 spiro atoms. The van der Waals surface area contributed by atoms with E-state index < -0.39 is 11.6 Å². The zero-order chi connectivity index (χ0) is 15.5. The van der Waals surface area contributed by atoms with Gasteiger partial charge in [0.25, 0.3) is 0 Å². The molecule has 0 aliphatic carbocycles. The van der Waals surface area contributed by atoms with Gasteiger partial charge in [-0.25, -0.2) is 9.89 Å². The van der Waals surface area contributed by atoms with E-state index in [4.69, 9.17) is 4.74 Å². The number of nitrogens with zero attached hydrogens (tertiary/aromatic N) is 6. The molecule has 112 valence electrons. The van der Waals surface area contributed by atoms with Crippen LogP contribution in [0.15, 0.2) is 29.1 Å². The van der Waals surface area contributed by atoms with E-state index >= 15 is 0 Å². The lowest BCUT2D eigenvalue weighted by atomic mass is 10.2. The third-order valence-corrected chi connectivity index (χ3v) is 2.93. The van der Waals surface area contributed by atoms with Crippen LogP contribution in [-0.4, -0.2) is 35.6 Å². The van der Waals surface area contributed by atoms with Crippen molar-refractivity contribution in [3.8, 4) is 11.6 Å². The number of aromatic nitrogens is 7. The molecule has 2 heterocycles. The molecule has 0 fully saturated rings. The quantitative estimate of drug-likeness (QED) is 0.731. The van der Waals surface area contributed by atoms with Gasteiger partial charge in [-0.1, -0.05) is 23.3 Å². The Kier molecular flexibility index (Phi) is 3.56. The van der Waals surface area contributed by atoms with E-state index in [1.54, 1.807) is 12.1 Å². The molecular formula is C12H10FN7O2. The van der Waals surface area contributed by atoms with E-state index in [1.165, 1.54) is 0 Å². The molecular weight excluding hydrogens is 293 g/mol. The number of benzene rings is 1. The molecule has 0 unspecified atom stereocenters. The van der Waals surface area contributed by atoms with Crippen LogP contribution >= 0.6 is 0 Å². The predicted molar refractivity (Wildman–Crippen MR) is 70.8 cm³/mol. The van der Waals surface area contributed by atoms with Crippen molar-refractivity contribution >= 4 is 0 Å². The normalized spacial score (nSPS) is 10.6. The van der Waals surface area contributed by atoms with E-state index in [9.17, 15) is 9.18 Å². The van der Waals surface area contributed by atoms with Gasteiger partial charge in [-0.3, -0.25) is 0 Å². The van der Waals surface area contributed by atoms with Gasteiger partial charge in [-0.05, 0) is 34.2 Å². The smallest absolute Gasteiger partial charge is 0.367 e. The summed E-state index contributed by atoms with van der Waals surface area (Å²) >= 11 is 0. The highest BCUT2D eigenvalue weighted by Gasteiger charge is 2.18. The maximum atomic E-state index is 13.9. The second-order valence-electron chi connectivity index (χ2n) is 4.35. The molecule has 0 saturated carbocycles. The van der Waals surface area contributed by atoms with Crippen LogP contribution in [0, 0.1) is 12.9 Å². The highest BCUT2D eigenvalue weighted by atomic mass is 19.1. The van der Waals surface area contributed by atoms with Crippen LogP contribution in [0.25, 0.3) is 5.82 Å². The number of ether oxygens (including phenoxy) is 1. The second kappa shape index (κ2) is 5.68. The van der Waals surface area contributed by atoms with Crippen LogP contribution in [0.3, 0.4) is 0 Å². The van der Waals surface area contributed by atoms with Gasteiger partial charge in [0.05, 0.1) is 5.56 Å². The number of aryl methyl sites for hydroxylation is 1. The van der Waals surface area contributed by atoms with Crippen molar-refractivity contribution in [2.24, 2.45) is 0 Å². The Labute approximate surface area is 122 Å². The molecule has 10 heteroatoms. The number of halogens is 1. The van der Waals surface area contributed by atoms with Crippen molar-refractivity contribution in [2.45, 2.75) is 13.5 Å². The first-order chi connectivity index (χ1) is 10.7. The van der Waals surface area contributed by atoms with Crippen molar-refractivity contribution in [1.29, 1.82) is 0 Å². The molecule has 0 aliphatic rings. The lowest BCUT2D eigenvalue weighted by Gasteiger charge is -2.10. The first-order valence-electron chi connectivity index (χ1n) is 6.23. The van der Waals surface area contributed by atoms with Gasteiger partial charge >= 0.3 is 5.69 Å². The number of rotatable bonds is 4. The Balaban J connectivity index is 1.96. The lowest BCUT2D eigenvalue weighted by molar-refractivity contribution is 0.292. The number of nitrogens with one attached hydrogen (secondary N) is 1. The first kappa shape index (κ1) is 13.8. The topological polar surface area (TPSA) is 111 Å². The zero-order valence-corrected chi connectivity index (χ0v) is 11.4. The van der Waals surface area contributed by atoms with Crippen molar-refractivity contribution in [1.82, 2.24) is 35.6 Å². The van der Waals surface area contributed by atoms with Crippen molar-refractivity contribution in [3.63, 3.8) is 0 Å². The van der Waals surface area contributed by atoms with Crippen LogP contribution in [0.2, 0.25) is 0 Å². The average molecular weight is 303 g/mol. The van der Waals surface area contributed by atoms with Crippen LogP contribution in [0.1, 0.15) is 11.1 Å². The van der Waals surface area contributed by atoms with Gasteiger partial charge in [0, 0.05) is 0 Å². The summed E-state index contributed by atoms with van der Waals surface area (Å²) in [7, 11) is 0. The molecule has 0 radical (unpaired) electrons. The minimum atomic E-state index is -0.895. The largest absolute Gasteiger partial charge is 0.488 e.